The summed E-state index contributed by atoms with van der Waals surface area (Å²) in [7, 11) is -1.15. The second-order valence-electron chi connectivity index (χ2n) is 2.27. The third-order valence-electron chi connectivity index (χ3n) is 1.34. The molecule has 0 aliphatic heterocycles. The highest BCUT2D eigenvalue weighted by atomic mass is 32.2. The Hall–Kier alpha value is -0.420. The number of hydrogen-bond acceptors (Lipinski definition) is 3. The highest BCUT2D eigenvalue weighted by molar-refractivity contribution is 7.86. The summed E-state index contributed by atoms with van der Waals surface area (Å²) in [5.41, 5.74) is 10.1. The van der Waals surface area contributed by atoms with Crippen LogP contribution in [0, 0.1) is 0 Å². The van der Waals surface area contributed by atoms with Crippen molar-refractivity contribution >= 4 is 16.7 Å². The number of carbonyl (C=O) groups is 1. The molecule has 0 radical (unpaired) electrons. The van der Waals surface area contributed by atoms with Gasteiger partial charge in [-0.2, -0.15) is 0 Å². The van der Waals surface area contributed by atoms with E-state index in [1.807, 2.05) is 0 Å². The minimum absolute atomic E-state index is 0.459. The van der Waals surface area contributed by atoms with Crippen molar-refractivity contribution in [3.8, 4) is 0 Å². The van der Waals surface area contributed by atoms with E-state index in [9.17, 15) is 9.00 Å². The number of nitrogens with two attached hydrogens (primary N) is 2. The molecule has 2 atom stereocenters. The van der Waals surface area contributed by atoms with Gasteiger partial charge in [0.15, 0.2) is 0 Å². The van der Waals surface area contributed by atoms with Crippen molar-refractivity contribution in [3.05, 3.63) is 0 Å². The fourth-order valence-corrected chi connectivity index (χ4v) is 1.60. The lowest BCUT2D eigenvalue weighted by Crippen LogP contribution is -2.31. The highest BCUT2D eigenvalue weighted by Crippen LogP contribution is 1.96. The second kappa shape index (κ2) is 5.26. The molecular formula is C6H14N2O2S. The third kappa shape index (κ3) is 4.10. The van der Waals surface area contributed by atoms with Gasteiger partial charge in [-0.1, -0.05) is 0 Å². The summed E-state index contributed by atoms with van der Waals surface area (Å²) in [4.78, 5) is 10.5. The van der Waals surface area contributed by atoms with E-state index >= 15 is 0 Å². The lowest BCUT2D eigenvalue weighted by atomic mass is 10.5. The first-order valence-electron chi connectivity index (χ1n) is 3.46. The molecule has 11 heavy (non-hydrogen) atoms. The van der Waals surface area contributed by atoms with Crippen LogP contribution in [0.25, 0.3) is 0 Å². The summed E-state index contributed by atoms with van der Waals surface area (Å²) in [6.45, 7) is 2.06. The molecule has 4 N–H and O–H groups in total. The van der Waals surface area contributed by atoms with E-state index in [0.717, 1.165) is 0 Å². The van der Waals surface area contributed by atoms with E-state index in [1.54, 1.807) is 6.92 Å². The maximum atomic E-state index is 11.1. The summed E-state index contributed by atoms with van der Waals surface area (Å²) >= 11 is 0. The number of hydrogen-bond donors (Lipinski definition) is 2. The quantitative estimate of drug-likeness (QED) is 0.563. The van der Waals surface area contributed by atoms with E-state index in [0.29, 0.717) is 18.7 Å². The average molecular weight is 178 g/mol. The van der Waals surface area contributed by atoms with Gasteiger partial charge < -0.3 is 11.5 Å². The van der Waals surface area contributed by atoms with Gasteiger partial charge in [-0.15, -0.1) is 0 Å². The zero-order valence-electron chi connectivity index (χ0n) is 6.58. The molecule has 0 rings (SSSR count). The number of amides is 1. The van der Waals surface area contributed by atoms with Gasteiger partial charge in [0.05, 0.1) is 0 Å². The van der Waals surface area contributed by atoms with Crippen molar-refractivity contribution in [2.45, 2.75) is 18.6 Å². The molecule has 0 heterocycles. The number of rotatable bonds is 5. The molecule has 2 unspecified atom stereocenters. The molecule has 5 heteroatoms. The predicted molar refractivity (Wildman–Crippen MR) is 45.3 cm³/mol. The van der Waals surface area contributed by atoms with Crippen molar-refractivity contribution in [2.75, 3.05) is 12.3 Å². The highest BCUT2D eigenvalue weighted by Gasteiger charge is 2.15. The van der Waals surface area contributed by atoms with Crippen LogP contribution in [0.1, 0.15) is 13.3 Å². The number of carbonyl (C=O) groups excluding carboxylic acids is 1. The van der Waals surface area contributed by atoms with Crippen molar-refractivity contribution in [1.82, 2.24) is 0 Å². The standard InChI is InChI=1S/C6H14N2O2S/c1-5(6(8)9)11(10)4-2-3-7/h5H,2-4,7H2,1H3,(H2,8,9). The third-order valence-corrected chi connectivity index (χ3v) is 3.06. The summed E-state index contributed by atoms with van der Waals surface area (Å²) in [6, 6.07) is 0. The fourth-order valence-electron chi connectivity index (χ4n) is 0.532. The summed E-state index contributed by atoms with van der Waals surface area (Å²) in [6.07, 6.45) is 0.671. The molecule has 0 aliphatic carbocycles. The zero-order chi connectivity index (χ0) is 8.85. The predicted octanol–water partition coefficient (Wildman–Crippen LogP) is -1.04. The van der Waals surface area contributed by atoms with Gasteiger partial charge in [0.25, 0.3) is 0 Å². The van der Waals surface area contributed by atoms with Gasteiger partial charge in [-0.3, -0.25) is 9.00 Å². The molecule has 4 nitrogen and oxygen atoms in total. The van der Waals surface area contributed by atoms with E-state index in [-0.39, 0.29) is 0 Å². The molecule has 0 aromatic carbocycles. The Morgan fingerprint density at radius 1 is 1.64 bits per heavy atom. The van der Waals surface area contributed by atoms with Crippen LogP contribution in [-0.4, -0.2) is 27.7 Å². The van der Waals surface area contributed by atoms with E-state index in [4.69, 9.17) is 11.5 Å². The van der Waals surface area contributed by atoms with Crippen molar-refractivity contribution in [1.29, 1.82) is 0 Å². The van der Waals surface area contributed by atoms with Crippen molar-refractivity contribution in [3.63, 3.8) is 0 Å². The van der Waals surface area contributed by atoms with E-state index < -0.39 is 22.0 Å². The fraction of sp³-hybridized carbons (Fsp3) is 0.833. The van der Waals surface area contributed by atoms with Gasteiger partial charge >= 0.3 is 0 Å². The van der Waals surface area contributed by atoms with E-state index in [1.165, 1.54) is 0 Å². The largest absolute Gasteiger partial charge is 0.369 e. The molecule has 0 aromatic rings. The second-order valence-corrected chi connectivity index (χ2v) is 4.15. The van der Waals surface area contributed by atoms with Crippen molar-refractivity contribution in [2.24, 2.45) is 11.5 Å². The molecule has 0 saturated heterocycles. The first-order chi connectivity index (χ1) is 5.09. The van der Waals surface area contributed by atoms with Crippen molar-refractivity contribution < 1.29 is 9.00 Å². The van der Waals surface area contributed by atoms with Gasteiger partial charge in [-0.05, 0) is 19.9 Å². The Bertz CT molecular complexity index is 161. The lowest BCUT2D eigenvalue weighted by Gasteiger charge is -2.05. The molecule has 66 valence electrons. The van der Waals surface area contributed by atoms with Crippen LogP contribution in [0.15, 0.2) is 0 Å². The Labute approximate surface area is 68.8 Å². The first kappa shape index (κ1) is 10.6. The maximum Gasteiger partial charge on any atom is 0.232 e. The topological polar surface area (TPSA) is 86.2 Å². The Balaban J connectivity index is 3.74. The normalized spacial score (nSPS) is 15.8. The molecule has 0 fully saturated rings. The average Bonchev–Trinajstić information content (AvgIpc) is 1.98. The van der Waals surface area contributed by atoms with Crippen LogP contribution in [0.3, 0.4) is 0 Å². The minimum Gasteiger partial charge on any atom is -0.369 e. The molecule has 0 bridgehead atoms. The zero-order valence-corrected chi connectivity index (χ0v) is 7.39. The smallest absolute Gasteiger partial charge is 0.232 e. The monoisotopic (exact) mass is 178 g/mol. The first-order valence-corrected chi connectivity index (χ1v) is 4.84. The van der Waals surface area contributed by atoms with Crippen LogP contribution in [-0.2, 0) is 15.6 Å². The van der Waals surface area contributed by atoms with Crippen LogP contribution < -0.4 is 11.5 Å². The van der Waals surface area contributed by atoms with Crippen LogP contribution in [0.5, 0.6) is 0 Å². The molecular weight excluding hydrogens is 164 g/mol. The molecule has 0 aromatic heterocycles. The number of primary amides is 1. The summed E-state index contributed by atoms with van der Waals surface area (Å²) in [5, 5.41) is -0.554. The van der Waals surface area contributed by atoms with Gasteiger partial charge in [0, 0.05) is 16.6 Å². The van der Waals surface area contributed by atoms with Crippen LogP contribution >= 0.6 is 0 Å². The lowest BCUT2D eigenvalue weighted by molar-refractivity contribution is -0.117. The maximum absolute atomic E-state index is 11.1. The van der Waals surface area contributed by atoms with E-state index in [2.05, 4.69) is 0 Å². The molecule has 0 saturated carbocycles. The Morgan fingerprint density at radius 2 is 2.18 bits per heavy atom. The van der Waals surface area contributed by atoms with Gasteiger partial charge in [0.2, 0.25) is 5.91 Å². The molecule has 0 aliphatic rings. The SMILES string of the molecule is CC(C(N)=O)S(=O)CCCN. The summed E-state index contributed by atoms with van der Waals surface area (Å²) in [5.74, 6) is -0.0546. The van der Waals surface area contributed by atoms with Gasteiger partial charge in [-0.25, -0.2) is 0 Å². The Morgan fingerprint density at radius 3 is 2.55 bits per heavy atom. The van der Waals surface area contributed by atoms with Crippen LogP contribution in [0.2, 0.25) is 0 Å². The Kier molecular flexibility index (Phi) is 5.06. The van der Waals surface area contributed by atoms with Crippen LogP contribution in [0.4, 0.5) is 0 Å². The summed E-state index contributed by atoms with van der Waals surface area (Å²) < 4.78 is 11.1. The minimum atomic E-state index is -1.15. The molecule has 1 amide bonds. The van der Waals surface area contributed by atoms with Gasteiger partial charge in [0.1, 0.15) is 5.25 Å². The molecule has 0 spiro atoms.